The van der Waals surface area contributed by atoms with Crippen molar-refractivity contribution < 1.29 is 13.3 Å². The van der Waals surface area contributed by atoms with Crippen molar-refractivity contribution in [1.82, 2.24) is 20.4 Å². The van der Waals surface area contributed by atoms with Crippen LogP contribution in [0.25, 0.3) is 11.5 Å². The summed E-state index contributed by atoms with van der Waals surface area (Å²) in [7, 11) is 0. The number of halogens is 2. The van der Waals surface area contributed by atoms with Crippen molar-refractivity contribution in [3.8, 4) is 11.5 Å². The van der Waals surface area contributed by atoms with Crippen molar-refractivity contribution >= 4 is 11.3 Å². The van der Waals surface area contributed by atoms with Gasteiger partial charge in [0.25, 0.3) is 5.89 Å². The smallest absolute Gasteiger partial charge is 0.327 e. The Morgan fingerprint density at radius 1 is 1.37 bits per heavy atom. The summed E-state index contributed by atoms with van der Waals surface area (Å²) in [4.78, 5) is 7.77. The molecule has 2 aromatic heterocycles. The van der Waals surface area contributed by atoms with E-state index in [1.807, 2.05) is 0 Å². The summed E-state index contributed by atoms with van der Waals surface area (Å²) in [6.07, 6.45) is 0.808. The second-order valence-corrected chi connectivity index (χ2v) is 5.16. The number of thiazole rings is 1. The van der Waals surface area contributed by atoms with E-state index in [4.69, 9.17) is 4.52 Å². The van der Waals surface area contributed by atoms with Crippen molar-refractivity contribution in [1.29, 1.82) is 0 Å². The van der Waals surface area contributed by atoms with Gasteiger partial charge in [-0.1, -0.05) is 5.16 Å². The van der Waals surface area contributed by atoms with E-state index < -0.39 is 17.7 Å². The van der Waals surface area contributed by atoms with Crippen LogP contribution in [0, 0.1) is 5.92 Å². The summed E-state index contributed by atoms with van der Waals surface area (Å²) in [6.45, 7) is 1.18. The van der Waals surface area contributed by atoms with Gasteiger partial charge in [-0.25, -0.2) is 4.98 Å². The lowest BCUT2D eigenvalue weighted by molar-refractivity contribution is -0.0993. The molecule has 1 fully saturated rings. The van der Waals surface area contributed by atoms with Crippen LogP contribution < -0.4 is 5.32 Å². The van der Waals surface area contributed by atoms with Crippen LogP contribution in [0.4, 0.5) is 8.78 Å². The van der Waals surface area contributed by atoms with Crippen LogP contribution in [0.1, 0.15) is 18.7 Å². The topological polar surface area (TPSA) is 63.8 Å². The first-order valence-electron chi connectivity index (χ1n) is 5.99. The van der Waals surface area contributed by atoms with Gasteiger partial charge in [-0.3, -0.25) is 0 Å². The molecule has 0 bridgehead atoms. The molecule has 0 amide bonds. The number of hydrogen-bond acceptors (Lipinski definition) is 6. The molecule has 3 heterocycles. The molecule has 5 nitrogen and oxygen atoms in total. The molecular weight excluding hydrogens is 274 g/mol. The molecule has 1 aliphatic rings. The second kappa shape index (κ2) is 4.93. The monoisotopic (exact) mass is 286 g/mol. The van der Waals surface area contributed by atoms with Gasteiger partial charge >= 0.3 is 5.92 Å². The molecule has 0 unspecified atom stereocenters. The summed E-state index contributed by atoms with van der Waals surface area (Å²) in [5, 5.41) is 8.33. The van der Waals surface area contributed by atoms with E-state index in [0.717, 1.165) is 0 Å². The molecular formula is C11H12F2N4OS. The Morgan fingerprint density at radius 3 is 2.84 bits per heavy atom. The Labute approximate surface area is 112 Å². The zero-order chi connectivity index (χ0) is 13.3. The molecule has 102 valence electrons. The number of alkyl halides is 2. The Kier molecular flexibility index (Phi) is 3.28. The first kappa shape index (κ1) is 12.6. The van der Waals surface area contributed by atoms with Crippen LogP contribution in [0.5, 0.6) is 0 Å². The zero-order valence-electron chi connectivity index (χ0n) is 9.97. The molecule has 0 aliphatic carbocycles. The van der Waals surface area contributed by atoms with Crippen LogP contribution in [0.3, 0.4) is 0 Å². The standard InChI is InChI=1S/C11H12F2N4OS/c12-11(13,7-1-3-14-4-2-7)10-16-9(17-18-10)8-5-19-6-15-8/h5-7,14H,1-4H2. The first-order chi connectivity index (χ1) is 9.18. The molecule has 0 radical (unpaired) electrons. The van der Waals surface area contributed by atoms with Gasteiger partial charge in [0.2, 0.25) is 5.82 Å². The van der Waals surface area contributed by atoms with Gasteiger partial charge in [0.05, 0.1) is 5.51 Å². The third kappa shape index (κ3) is 2.37. The average molecular weight is 286 g/mol. The SMILES string of the molecule is FC(F)(c1nc(-c2cscn2)no1)C1CCNCC1. The normalized spacial score (nSPS) is 17.8. The molecule has 0 spiro atoms. The fourth-order valence-corrected chi connectivity index (χ4v) is 2.68. The van der Waals surface area contributed by atoms with Gasteiger partial charge in [-0.2, -0.15) is 13.8 Å². The third-order valence-corrected chi connectivity index (χ3v) is 3.81. The molecule has 8 heteroatoms. The molecule has 0 saturated carbocycles. The predicted octanol–water partition coefficient (Wildman–Crippen LogP) is 2.28. The van der Waals surface area contributed by atoms with Gasteiger partial charge in [0.15, 0.2) is 0 Å². The molecule has 1 aliphatic heterocycles. The molecule has 1 saturated heterocycles. The highest BCUT2D eigenvalue weighted by Crippen LogP contribution is 2.40. The van der Waals surface area contributed by atoms with Crippen molar-refractivity contribution in [2.75, 3.05) is 13.1 Å². The van der Waals surface area contributed by atoms with Crippen molar-refractivity contribution in [3.05, 3.63) is 16.8 Å². The third-order valence-electron chi connectivity index (χ3n) is 3.22. The number of nitrogens with zero attached hydrogens (tertiary/aromatic N) is 3. The summed E-state index contributed by atoms with van der Waals surface area (Å²) in [6, 6.07) is 0. The minimum atomic E-state index is -3.08. The van der Waals surface area contributed by atoms with Gasteiger partial charge in [0, 0.05) is 11.3 Å². The number of rotatable bonds is 3. The number of hydrogen-bond donors (Lipinski definition) is 1. The first-order valence-corrected chi connectivity index (χ1v) is 6.93. The van der Waals surface area contributed by atoms with Crippen LogP contribution in [-0.4, -0.2) is 28.2 Å². The maximum absolute atomic E-state index is 14.3. The van der Waals surface area contributed by atoms with E-state index in [-0.39, 0.29) is 5.82 Å². The molecule has 2 aromatic rings. The number of nitrogens with one attached hydrogen (secondary N) is 1. The van der Waals surface area contributed by atoms with Crippen LogP contribution >= 0.6 is 11.3 Å². The van der Waals surface area contributed by atoms with Gasteiger partial charge in [-0.05, 0) is 25.9 Å². The molecule has 0 atom stereocenters. The highest BCUT2D eigenvalue weighted by Gasteiger charge is 2.46. The van der Waals surface area contributed by atoms with Crippen molar-refractivity contribution in [2.24, 2.45) is 5.92 Å². The quantitative estimate of drug-likeness (QED) is 0.938. The Bertz CT molecular complexity index is 537. The Hall–Kier alpha value is -1.41. The average Bonchev–Trinajstić information content (AvgIpc) is 3.10. The summed E-state index contributed by atoms with van der Waals surface area (Å²) < 4.78 is 33.2. The summed E-state index contributed by atoms with van der Waals surface area (Å²) >= 11 is 1.35. The van der Waals surface area contributed by atoms with Gasteiger partial charge in [0.1, 0.15) is 5.69 Å². The minimum absolute atomic E-state index is 0.116. The van der Waals surface area contributed by atoms with E-state index in [1.54, 1.807) is 10.9 Å². The van der Waals surface area contributed by atoms with E-state index >= 15 is 0 Å². The lowest BCUT2D eigenvalue weighted by atomic mass is 9.91. The van der Waals surface area contributed by atoms with Crippen LogP contribution in [0.15, 0.2) is 15.4 Å². The molecule has 19 heavy (non-hydrogen) atoms. The van der Waals surface area contributed by atoms with Crippen molar-refractivity contribution in [2.45, 2.75) is 18.8 Å². The van der Waals surface area contributed by atoms with E-state index in [2.05, 4.69) is 20.4 Å². The number of aromatic nitrogens is 3. The lowest BCUT2D eigenvalue weighted by Gasteiger charge is -2.27. The zero-order valence-corrected chi connectivity index (χ0v) is 10.8. The number of piperidine rings is 1. The predicted molar refractivity (Wildman–Crippen MR) is 64.9 cm³/mol. The fraction of sp³-hybridized carbons (Fsp3) is 0.545. The van der Waals surface area contributed by atoms with E-state index in [9.17, 15) is 8.78 Å². The maximum Gasteiger partial charge on any atom is 0.327 e. The fourth-order valence-electron chi connectivity index (χ4n) is 2.14. The second-order valence-electron chi connectivity index (χ2n) is 4.44. The Balaban J connectivity index is 1.84. The molecule has 3 rings (SSSR count). The van der Waals surface area contributed by atoms with Crippen LogP contribution in [0.2, 0.25) is 0 Å². The van der Waals surface area contributed by atoms with Crippen molar-refractivity contribution in [3.63, 3.8) is 0 Å². The highest BCUT2D eigenvalue weighted by atomic mass is 32.1. The minimum Gasteiger partial charge on any atom is -0.332 e. The van der Waals surface area contributed by atoms with Gasteiger partial charge in [-0.15, -0.1) is 11.3 Å². The molecule has 1 N–H and O–H groups in total. The largest absolute Gasteiger partial charge is 0.332 e. The molecule has 0 aromatic carbocycles. The van der Waals surface area contributed by atoms with E-state index in [1.165, 1.54) is 11.3 Å². The lowest BCUT2D eigenvalue weighted by Crippen LogP contribution is -2.36. The van der Waals surface area contributed by atoms with Crippen LogP contribution in [-0.2, 0) is 5.92 Å². The highest BCUT2D eigenvalue weighted by molar-refractivity contribution is 7.07. The summed E-state index contributed by atoms with van der Waals surface area (Å²) in [5.41, 5.74) is 2.05. The maximum atomic E-state index is 14.3. The summed E-state index contributed by atoms with van der Waals surface area (Å²) in [5.74, 6) is -4.33. The van der Waals surface area contributed by atoms with Gasteiger partial charge < -0.3 is 9.84 Å². The Morgan fingerprint density at radius 2 is 2.16 bits per heavy atom. The van der Waals surface area contributed by atoms with E-state index in [0.29, 0.717) is 31.6 Å².